The highest BCUT2D eigenvalue weighted by Crippen LogP contribution is 2.05. The van der Waals surface area contributed by atoms with Crippen LogP contribution in [0.15, 0.2) is 0 Å². The fourth-order valence-corrected chi connectivity index (χ4v) is 3.18. The zero-order valence-corrected chi connectivity index (χ0v) is 19.6. The molecule has 0 saturated carbocycles. The van der Waals surface area contributed by atoms with Crippen molar-refractivity contribution < 1.29 is 34.2 Å². The van der Waals surface area contributed by atoms with Gasteiger partial charge in [0, 0.05) is 6.42 Å². The zero-order valence-electron chi connectivity index (χ0n) is 18.7. The van der Waals surface area contributed by atoms with Crippen LogP contribution in [0, 0.1) is 0 Å². The molecule has 0 aromatic rings. The summed E-state index contributed by atoms with van der Waals surface area (Å²) in [4.78, 5) is 60.0. The van der Waals surface area contributed by atoms with Gasteiger partial charge in [0.15, 0.2) is 0 Å². The Morgan fingerprint density at radius 1 is 0.879 bits per heavy atom. The van der Waals surface area contributed by atoms with Gasteiger partial charge in [0.2, 0.25) is 23.6 Å². The van der Waals surface area contributed by atoms with Crippen molar-refractivity contribution in [1.82, 2.24) is 16.0 Å². The van der Waals surface area contributed by atoms with E-state index in [-0.39, 0.29) is 19.3 Å². The molecular weight excluding hydrogens is 456 g/mol. The quantitative estimate of drug-likeness (QED) is 0.0901. The molecule has 4 amide bonds. The number of thioether (sulfide) groups is 1. The summed E-state index contributed by atoms with van der Waals surface area (Å²) >= 11 is 1.40. The van der Waals surface area contributed by atoms with E-state index >= 15 is 0 Å². The Morgan fingerprint density at radius 3 is 1.97 bits per heavy atom. The molecule has 4 atom stereocenters. The Bertz CT molecular complexity index is 667. The van der Waals surface area contributed by atoms with Gasteiger partial charge in [-0.2, -0.15) is 11.8 Å². The maximum atomic E-state index is 12.6. The van der Waals surface area contributed by atoms with Gasteiger partial charge in [0.05, 0.1) is 12.6 Å². The van der Waals surface area contributed by atoms with Gasteiger partial charge in [-0.05, 0) is 44.2 Å². The van der Waals surface area contributed by atoms with Crippen LogP contribution in [0.1, 0.15) is 38.5 Å². The molecule has 11 N–H and O–H groups in total. The number of carbonyl (C=O) groups is 5. The second-order valence-corrected chi connectivity index (χ2v) is 8.37. The highest BCUT2D eigenvalue weighted by atomic mass is 32.2. The van der Waals surface area contributed by atoms with Gasteiger partial charge in [-0.1, -0.05) is 6.42 Å². The van der Waals surface area contributed by atoms with Crippen LogP contribution in [0.25, 0.3) is 0 Å². The molecule has 0 aliphatic carbocycles. The van der Waals surface area contributed by atoms with Crippen molar-refractivity contribution >= 4 is 41.4 Å². The van der Waals surface area contributed by atoms with E-state index in [0.717, 1.165) is 0 Å². The first-order chi connectivity index (χ1) is 15.6. The number of aliphatic carboxylic acids is 1. The van der Waals surface area contributed by atoms with Crippen LogP contribution < -0.4 is 33.2 Å². The van der Waals surface area contributed by atoms with Crippen molar-refractivity contribution in [3.05, 3.63) is 0 Å². The molecule has 0 radical (unpaired) electrons. The Labute approximate surface area is 196 Å². The van der Waals surface area contributed by atoms with E-state index < -0.39 is 60.4 Å². The summed E-state index contributed by atoms with van der Waals surface area (Å²) in [5.74, 6) is -3.90. The number of unbranched alkanes of at least 4 members (excludes halogenated alkanes) is 1. The Morgan fingerprint density at radius 2 is 1.45 bits per heavy atom. The van der Waals surface area contributed by atoms with E-state index in [2.05, 4.69) is 16.0 Å². The lowest BCUT2D eigenvalue weighted by Gasteiger charge is -2.24. The molecule has 0 heterocycles. The number of aliphatic hydroxyl groups excluding tert-OH is 1. The number of carboxylic acid groups (broad SMARTS) is 1. The molecule has 190 valence electrons. The summed E-state index contributed by atoms with van der Waals surface area (Å²) in [5, 5.41) is 25.8. The van der Waals surface area contributed by atoms with Gasteiger partial charge in [0.25, 0.3) is 0 Å². The lowest BCUT2D eigenvalue weighted by Crippen LogP contribution is -2.58. The molecule has 14 heteroatoms. The third-order valence-corrected chi connectivity index (χ3v) is 5.30. The smallest absolute Gasteiger partial charge is 0.326 e. The number of hydrogen-bond acceptors (Lipinski definition) is 9. The summed E-state index contributed by atoms with van der Waals surface area (Å²) in [6, 6.07) is -4.84. The van der Waals surface area contributed by atoms with E-state index in [1.54, 1.807) is 6.26 Å². The third kappa shape index (κ3) is 13.0. The minimum Gasteiger partial charge on any atom is -0.480 e. The normalized spacial score (nSPS) is 14.4. The van der Waals surface area contributed by atoms with Crippen LogP contribution in [-0.2, 0) is 24.0 Å². The van der Waals surface area contributed by atoms with E-state index in [9.17, 15) is 34.2 Å². The molecule has 0 rings (SSSR count). The minimum absolute atomic E-state index is 0.149. The van der Waals surface area contributed by atoms with Gasteiger partial charge in [-0.15, -0.1) is 0 Å². The number of rotatable bonds is 18. The van der Waals surface area contributed by atoms with Gasteiger partial charge in [-0.25, -0.2) is 4.79 Å². The molecular formula is C19H36N6O7S. The van der Waals surface area contributed by atoms with Crippen LogP contribution in [0.4, 0.5) is 0 Å². The number of carbonyl (C=O) groups excluding carboxylic acids is 4. The van der Waals surface area contributed by atoms with Crippen molar-refractivity contribution in [2.24, 2.45) is 17.2 Å². The van der Waals surface area contributed by atoms with Crippen LogP contribution in [0.3, 0.4) is 0 Å². The first kappa shape index (κ1) is 30.6. The summed E-state index contributed by atoms with van der Waals surface area (Å²) < 4.78 is 0. The second-order valence-electron chi connectivity index (χ2n) is 7.38. The molecule has 0 bridgehead atoms. The predicted molar refractivity (Wildman–Crippen MR) is 123 cm³/mol. The Balaban J connectivity index is 5.21. The van der Waals surface area contributed by atoms with E-state index in [1.807, 2.05) is 0 Å². The monoisotopic (exact) mass is 492 g/mol. The largest absolute Gasteiger partial charge is 0.480 e. The van der Waals surface area contributed by atoms with Gasteiger partial charge >= 0.3 is 5.97 Å². The van der Waals surface area contributed by atoms with Crippen molar-refractivity contribution in [1.29, 1.82) is 0 Å². The molecule has 0 aromatic carbocycles. The van der Waals surface area contributed by atoms with Crippen molar-refractivity contribution in [3.8, 4) is 0 Å². The molecule has 0 aliphatic rings. The molecule has 0 aromatic heterocycles. The molecule has 0 spiro atoms. The molecule has 0 fully saturated rings. The maximum Gasteiger partial charge on any atom is 0.326 e. The Kier molecular flexibility index (Phi) is 15.9. The number of aliphatic hydroxyl groups is 1. The highest BCUT2D eigenvalue weighted by Gasteiger charge is 2.30. The summed E-state index contributed by atoms with van der Waals surface area (Å²) in [6.45, 7) is -0.326. The number of nitrogens with two attached hydrogens (primary N) is 3. The van der Waals surface area contributed by atoms with Gasteiger partial charge in [-0.3, -0.25) is 19.2 Å². The standard InChI is InChI=1S/C19H36N6O7S/c1-33-9-7-13(19(31)32)24-17(29)12(5-6-15(22)27)23-18(30)14(10-26)25-16(28)11(21)4-2-3-8-20/h11-14,26H,2-10,20-21H2,1H3,(H2,22,27)(H,23,30)(H,24,29)(H,25,28)(H,31,32). The summed E-state index contributed by atoms with van der Waals surface area (Å²) in [5.41, 5.74) is 16.3. The van der Waals surface area contributed by atoms with Gasteiger partial charge < -0.3 is 43.4 Å². The number of hydrogen-bond donors (Lipinski definition) is 8. The van der Waals surface area contributed by atoms with Crippen molar-refractivity contribution in [3.63, 3.8) is 0 Å². The molecule has 13 nitrogen and oxygen atoms in total. The lowest BCUT2D eigenvalue weighted by molar-refractivity contribution is -0.142. The van der Waals surface area contributed by atoms with E-state index in [4.69, 9.17) is 17.2 Å². The predicted octanol–water partition coefficient (Wildman–Crippen LogP) is -3.01. The molecule has 4 unspecified atom stereocenters. The van der Waals surface area contributed by atoms with Crippen LogP contribution >= 0.6 is 11.8 Å². The lowest BCUT2D eigenvalue weighted by atomic mass is 10.1. The first-order valence-electron chi connectivity index (χ1n) is 10.5. The van der Waals surface area contributed by atoms with Crippen molar-refractivity contribution in [2.45, 2.75) is 62.7 Å². The first-order valence-corrected chi connectivity index (χ1v) is 11.9. The number of nitrogens with one attached hydrogen (secondary N) is 3. The average molecular weight is 493 g/mol. The van der Waals surface area contributed by atoms with Crippen molar-refractivity contribution in [2.75, 3.05) is 25.2 Å². The maximum absolute atomic E-state index is 12.6. The number of carboxylic acids is 1. The fourth-order valence-electron chi connectivity index (χ4n) is 2.71. The zero-order chi connectivity index (χ0) is 25.4. The number of primary amides is 1. The topological polar surface area (TPSA) is 240 Å². The number of amides is 4. The van der Waals surface area contributed by atoms with Crippen LogP contribution in [0.5, 0.6) is 0 Å². The van der Waals surface area contributed by atoms with Crippen LogP contribution in [0.2, 0.25) is 0 Å². The molecule has 33 heavy (non-hydrogen) atoms. The van der Waals surface area contributed by atoms with E-state index in [1.165, 1.54) is 11.8 Å². The van der Waals surface area contributed by atoms with Crippen LogP contribution in [-0.4, -0.2) is 89.1 Å². The van der Waals surface area contributed by atoms with E-state index in [0.29, 0.717) is 31.6 Å². The SMILES string of the molecule is CSCCC(NC(=O)C(CCC(N)=O)NC(=O)C(CO)NC(=O)C(N)CCCCN)C(=O)O. The summed E-state index contributed by atoms with van der Waals surface area (Å²) in [6.07, 6.45) is 3.09. The molecule has 0 saturated heterocycles. The Hall–Kier alpha value is -2.42. The molecule has 0 aliphatic heterocycles. The highest BCUT2D eigenvalue weighted by molar-refractivity contribution is 7.98. The fraction of sp³-hybridized carbons (Fsp3) is 0.737. The summed E-state index contributed by atoms with van der Waals surface area (Å²) in [7, 11) is 0. The minimum atomic E-state index is -1.41. The van der Waals surface area contributed by atoms with Gasteiger partial charge in [0.1, 0.15) is 18.1 Å². The third-order valence-electron chi connectivity index (χ3n) is 4.66. The average Bonchev–Trinajstić information content (AvgIpc) is 2.76. The second kappa shape index (κ2) is 17.1.